The summed E-state index contributed by atoms with van der Waals surface area (Å²) in [4.78, 5) is 0. The molecule has 0 bridgehead atoms. The van der Waals surface area contributed by atoms with E-state index in [0.717, 1.165) is 30.1 Å². The van der Waals surface area contributed by atoms with E-state index in [1.54, 1.807) is 0 Å². The maximum Gasteiger partial charge on any atom is 0.131 e. The summed E-state index contributed by atoms with van der Waals surface area (Å²) in [5.74, 6) is 3.15. The first-order chi connectivity index (χ1) is 10.7. The van der Waals surface area contributed by atoms with Crippen molar-refractivity contribution in [3.05, 3.63) is 79.9 Å². The Morgan fingerprint density at radius 2 is 0.864 bits per heavy atom. The maximum atomic E-state index is 5.87. The standard InChI is InChI=1S/C18H12I2O2/c19-13-4-1-6-15(10-13)21-17-8-3-9-18(12-17)22-16-7-2-5-14(20)11-16/h1-12H. The number of halogens is 2. The molecule has 0 atom stereocenters. The van der Waals surface area contributed by atoms with E-state index in [1.165, 1.54) is 0 Å². The summed E-state index contributed by atoms with van der Waals surface area (Å²) in [6.45, 7) is 0. The molecule has 2 nitrogen and oxygen atoms in total. The molecule has 0 spiro atoms. The summed E-state index contributed by atoms with van der Waals surface area (Å²) in [5.41, 5.74) is 0. The number of hydrogen-bond donors (Lipinski definition) is 0. The van der Waals surface area contributed by atoms with E-state index in [4.69, 9.17) is 9.47 Å². The van der Waals surface area contributed by atoms with Crippen molar-refractivity contribution in [1.29, 1.82) is 0 Å². The van der Waals surface area contributed by atoms with Gasteiger partial charge in [0.2, 0.25) is 0 Å². The molecule has 3 aromatic rings. The van der Waals surface area contributed by atoms with Crippen molar-refractivity contribution in [3.8, 4) is 23.0 Å². The van der Waals surface area contributed by atoms with Gasteiger partial charge in [0.25, 0.3) is 0 Å². The Morgan fingerprint density at radius 1 is 0.500 bits per heavy atom. The summed E-state index contributed by atoms with van der Waals surface area (Å²) >= 11 is 4.54. The summed E-state index contributed by atoms with van der Waals surface area (Å²) in [5, 5.41) is 0. The predicted octanol–water partition coefficient (Wildman–Crippen LogP) is 6.48. The Morgan fingerprint density at radius 3 is 1.27 bits per heavy atom. The molecule has 0 aliphatic heterocycles. The van der Waals surface area contributed by atoms with E-state index in [2.05, 4.69) is 45.2 Å². The van der Waals surface area contributed by atoms with Crippen LogP contribution in [0.2, 0.25) is 0 Å². The first kappa shape index (κ1) is 15.6. The first-order valence-corrected chi connectivity index (χ1v) is 8.82. The van der Waals surface area contributed by atoms with Crippen LogP contribution in [-0.4, -0.2) is 0 Å². The van der Waals surface area contributed by atoms with Gasteiger partial charge in [-0.05, 0) is 93.7 Å². The third kappa shape index (κ3) is 4.36. The van der Waals surface area contributed by atoms with Gasteiger partial charge in [-0.1, -0.05) is 18.2 Å². The van der Waals surface area contributed by atoms with Crippen molar-refractivity contribution < 1.29 is 9.47 Å². The molecule has 0 aliphatic carbocycles. The van der Waals surface area contributed by atoms with Crippen molar-refractivity contribution in [3.63, 3.8) is 0 Å². The molecule has 0 saturated carbocycles. The van der Waals surface area contributed by atoms with Crippen LogP contribution in [0, 0.1) is 7.14 Å². The zero-order valence-corrected chi connectivity index (χ0v) is 15.8. The summed E-state index contributed by atoms with van der Waals surface area (Å²) in [6, 6.07) is 23.5. The van der Waals surface area contributed by atoms with Gasteiger partial charge in [0.15, 0.2) is 0 Å². The molecule has 4 heteroatoms. The van der Waals surface area contributed by atoms with Crippen molar-refractivity contribution in [1.82, 2.24) is 0 Å². The molecule has 0 amide bonds. The summed E-state index contributed by atoms with van der Waals surface area (Å²) in [7, 11) is 0. The van der Waals surface area contributed by atoms with Gasteiger partial charge in [-0.15, -0.1) is 0 Å². The molecule has 3 aromatic carbocycles. The van der Waals surface area contributed by atoms with Crippen LogP contribution in [0.15, 0.2) is 72.8 Å². The van der Waals surface area contributed by atoms with Crippen LogP contribution in [0.1, 0.15) is 0 Å². The molecule has 0 aromatic heterocycles. The van der Waals surface area contributed by atoms with Crippen molar-refractivity contribution in [2.45, 2.75) is 0 Å². The van der Waals surface area contributed by atoms with Gasteiger partial charge in [0.1, 0.15) is 23.0 Å². The van der Waals surface area contributed by atoms with Gasteiger partial charge in [-0.3, -0.25) is 0 Å². The molecular formula is C18H12I2O2. The largest absolute Gasteiger partial charge is 0.457 e. The predicted molar refractivity (Wildman–Crippen MR) is 105 cm³/mol. The molecule has 3 rings (SSSR count). The second-order valence-corrected chi connectivity index (χ2v) is 7.08. The minimum absolute atomic E-state index is 0.755. The Labute approximate surface area is 156 Å². The Balaban J connectivity index is 1.78. The lowest BCUT2D eigenvalue weighted by molar-refractivity contribution is 0.460. The van der Waals surface area contributed by atoms with E-state index in [-0.39, 0.29) is 0 Å². The van der Waals surface area contributed by atoms with Gasteiger partial charge >= 0.3 is 0 Å². The molecule has 110 valence electrons. The SMILES string of the molecule is Ic1cccc(Oc2cccc(Oc3cccc(I)c3)c2)c1. The Bertz CT molecular complexity index is 725. The quantitative estimate of drug-likeness (QED) is 0.372. The van der Waals surface area contributed by atoms with Crippen LogP contribution in [0.25, 0.3) is 0 Å². The Hall–Kier alpha value is -1.28. The molecule has 0 heterocycles. The normalized spacial score (nSPS) is 10.3. The smallest absolute Gasteiger partial charge is 0.131 e. The van der Waals surface area contributed by atoms with Crippen molar-refractivity contribution >= 4 is 45.2 Å². The highest BCUT2D eigenvalue weighted by Gasteiger charge is 2.02. The topological polar surface area (TPSA) is 18.5 Å². The van der Waals surface area contributed by atoms with Gasteiger partial charge in [-0.25, -0.2) is 0 Å². The van der Waals surface area contributed by atoms with E-state index in [0.29, 0.717) is 0 Å². The fourth-order valence-corrected chi connectivity index (χ4v) is 2.96. The lowest BCUT2D eigenvalue weighted by Gasteiger charge is -2.09. The van der Waals surface area contributed by atoms with Crippen LogP contribution in [0.5, 0.6) is 23.0 Å². The minimum Gasteiger partial charge on any atom is -0.457 e. The third-order valence-electron chi connectivity index (χ3n) is 2.87. The number of rotatable bonds is 4. The number of hydrogen-bond acceptors (Lipinski definition) is 2. The average Bonchev–Trinajstić information content (AvgIpc) is 2.47. The van der Waals surface area contributed by atoms with Gasteiger partial charge in [-0.2, -0.15) is 0 Å². The molecular weight excluding hydrogens is 502 g/mol. The fraction of sp³-hybridized carbons (Fsp3) is 0. The Kier molecular flexibility index (Phi) is 5.20. The molecule has 0 fully saturated rings. The summed E-state index contributed by atoms with van der Waals surface area (Å²) < 4.78 is 14.0. The van der Waals surface area contributed by atoms with Crippen LogP contribution in [0.3, 0.4) is 0 Å². The fourth-order valence-electron chi connectivity index (χ4n) is 1.93. The van der Waals surface area contributed by atoms with Gasteiger partial charge < -0.3 is 9.47 Å². The van der Waals surface area contributed by atoms with Crippen LogP contribution in [-0.2, 0) is 0 Å². The molecule has 22 heavy (non-hydrogen) atoms. The second kappa shape index (κ2) is 7.32. The van der Waals surface area contributed by atoms with Crippen molar-refractivity contribution in [2.75, 3.05) is 0 Å². The first-order valence-electron chi connectivity index (χ1n) is 6.66. The van der Waals surface area contributed by atoms with E-state index >= 15 is 0 Å². The minimum atomic E-state index is 0.755. The van der Waals surface area contributed by atoms with Crippen LogP contribution < -0.4 is 9.47 Å². The van der Waals surface area contributed by atoms with Crippen LogP contribution >= 0.6 is 45.2 Å². The van der Waals surface area contributed by atoms with Gasteiger partial charge in [0.05, 0.1) is 0 Å². The number of benzene rings is 3. The van der Waals surface area contributed by atoms with Gasteiger partial charge in [0, 0.05) is 13.2 Å². The molecule has 0 aliphatic rings. The van der Waals surface area contributed by atoms with Crippen molar-refractivity contribution in [2.24, 2.45) is 0 Å². The van der Waals surface area contributed by atoms with Crippen LogP contribution in [0.4, 0.5) is 0 Å². The highest BCUT2D eigenvalue weighted by atomic mass is 127. The average molecular weight is 514 g/mol. The van der Waals surface area contributed by atoms with E-state index < -0.39 is 0 Å². The maximum absolute atomic E-state index is 5.87. The monoisotopic (exact) mass is 514 g/mol. The molecule has 0 N–H and O–H groups in total. The zero-order chi connectivity index (χ0) is 15.4. The lowest BCUT2D eigenvalue weighted by Crippen LogP contribution is -1.88. The lowest BCUT2D eigenvalue weighted by atomic mass is 10.3. The zero-order valence-electron chi connectivity index (χ0n) is 11.5. The second-order valence-electron chi connectivity index (χ2n) is 4.59. The molecule has 0 saturated heterocycles. The third-order valence-corrected chi connectivity index (χ3v) is 4.21. The molecule has 0 unspecified atom stereocenters. The molecule has 0 radical (unpaired) electrons. The summed E-state index contributed by atoms with van der Waals surface area (Å²) in [6.07, 6.45) is 0. The van der Waals surface area contributed by atoms with E-state index in [9.17, 15) is 0 Å². The number of ether oxygens (including phenoxy) is 2. The van der Waals surface area contributed by atoms with E-state index in [1.807, 2.05) is 72.8 Å². The highest BCUT2D eigenvalue weighted by Crippen LogP contribution is 2.29. The highest BCUT2D eigenvalue weighted by molar-refractivity contribution is 14.1.